The van der Waals surface area contributed by atoms with E-state index >= 15 is 0 Å². The molecule has 0 atom stereocenters. The van der Waals surface area contributed by atoms with E-state index in [1.807, 2.05) is 12.1 Å². The van der Waals surface area contributed by atoms with Gasteiger partial charge in [-0.05, 0) is 71.9 Å². The third-order valence-corrected chi connectivity index (χ3v) is 6.87. The first-order valence-corrected chi connectivity index (χ1v) is 12.9. The van der Waals surface area contributed by atoms with Crippen LogP contribution in [0.3, 0.4) is 0 Å². The Morgan fingerprint density at radius 1 is 1.08 bits per heavy atom. The molecule has 12 heteroatoms. The van der Waals surface area contributed by atoms with Crippen LogP contribution in [0.4, 0.5) is 23.7 Å². The van der Waals surface area contributed by atoms with Crippen molar-refractivity contribution < 1.29 is 32.3 Å². The van der Waals surface area contributed by atoms with Crippen LogP contribution in [0.1, 0.15) is 16.7 Å². The standard InChI is InChI=1S/C26H17BrClF3N2O4S/c27-18-6-9-21(37-14-15-4-7-19(28)8-5-15)16(10-18)11-22-24(35)33(25(36)38-22)13-23(34)32-20-3-1-2-17(12-20)26(29,30)31/h1-12H,13-14H2,(H,32,34)/b22-11-. The zero-order valence-corrected chi connectivity index (χ0v) is 22.4. The summed E-state index contributed by atoms with van der Waals surface area (Å²) >= 11 is 9.94. The second-order valence-corrected chi connectivity index (χ2v) is 10.3. The van der Waals surface area contributed by atoms with E-state index in [1.54, 1.807) is 30.3 Å². The molecule has 0 unspecified atom stereocenters. The molecule has 0 saturated carbocycles. The maximum Gasteiger partial charge on any atom is 0.416 e. The average Bonchev–Trinajstić information content (AvgIpc) is 3.11. The summed E-state index contributed by atoms with van der Waals surface area (Å²) in [4.78, 5) is 38.6. The third-order valence-electron chi connectivity index (χ3n) is 5.21. The van der Waals surface area contributed by atoms with Crippen molar-refractivity contribution in [3.63, 3.8) is 0 Å². The van der Waals surface area contributed by atoms with Gasteiger partial charge < -0.3 is 10.1 Å². The summed E-state index contributed by atoms with van der Waals surface area (Å²) in [5.41, 5.74) is 0.346. The van der Waals surface area contributed by atoms with Crippen LogP contribution in [0.25, 0.3) is 6.08 Å². The molecule has 0 aromatic heterocycles. The molecule has 3 aromatic carbocycles. The number of imide groups is 1. The molecule has 38 heavy (non-hydrogen) atoms. The highest BCUT2D eigenvalue weighted by molar-refractivity contribution is 9.10. The predicted octanol–water partition coefficient (Wildman–Crippen LogP) is 7.38. The summed E-state index contributed by atoms with van der Waals surface area (Å²) in [5, 5.41) is 2.20. The van der Waals surface area contributed by atoms with Crippen molar-refractivity contribution in [1.29, 1.82) is 0 Å². The number of halogens is 5. The molecule has 0 spiro atoms. The lowest BCUT2D eigenvalue weighted by molar-refractivity contribution is -0.137. The van der Waals surface area contributed by atoms with E-state index < -0.39 is 35.3 Å². The quantitative estimate of drug-likeness (QED) is 0.278. The molecule has 1 aliphatic heterocycles. The minimum Gasteiger partial charge on any atom is -0.488 e. The summed E-state index contributed by atoms with van der Waals surface area (Å²) < 4.78 is 45.4. The molecule has 6 nitrogen and oxygen atoms in total. The van der Waals surface area contributed by atoms with E-state index in [0.717, 1.165) is 28.7 Å². The van der Waals surface area contributed by atoms with Gasteiger partial charge in [-0.25, -0.2) is 0 Å². The maximum atomic E-state index is 12.9. The lowest BCUT2D eigenvalue weighted by Gasteiger charge is -2.13. The Morgan fingerprint density at radius 2 is 1.82 bits per heavy atom. The number of amides is 3. The van der Waals surface area contributed by atoms with Crippen LogP contribution in [-0.2, 0) is 22.4 Å². The molecule has 3 amide bonds. The number of rotatable bonds is 7. The molecule has 1 aliphatic rings. The van der Waals surface area contributed by atoms with Crippen molar-refractivity contribution in [3.8, 4) is 5.75 Å². The van der Waals surface area contributed by atoms with Gasteiger partial charge in [0.15, 0.2) is 0 Å². The fourth-order valence-corrected chi connectivity index (χ4v) is 4.73. The van der Waals surface area contributed by atoms with Crippen LogP contribution < -0.4 is 10.1 Å². The Balaban J connectivity index is 1.46. The number of nitrogens with one attached hydrogen (secondary N) is 1. The van der Waals surface area contributed by atoms with Gasteiger partial charge in [0, 0.05) is 20.7 Å². The van der Waals surface area contributed by atoms with Gasteiger partial charge in [0.1, 0.15) is 18.9 Å². The molecule has 3 aromatic rings. The van der Waals surface area contributed by atoms with Crippen LogP contribution in [0, 0.1) is 0 Å². The molecule has 196 valence electrons. The lowest BCUT2D eigenvalue weighted by Crippen LogP contribution is -2.36. The second-order valence-electron chi connectivity index (χ2n) is 7.99. The minimum atomic E-state index is -4.58. The first-order valence-electron chi connectivity index (χ1n) is 10.9. The number of nitrogens with zero attached hydrogens (tertiary/aromatic N) is 1. The van der Waals surface area contributed by atoms with Gasteiger partial charge in [-0.3, -0.25) is 19.3 Å². The Hall–Kier alpha value is -3.28. The summed E-state index contributed by atoms with van der Waals surface area (Å²) in [6.45, 7) is -0.423. The van der Waals surface area contributed by atoms with Crippen molar-refractivity contribution in [2.24, 2.45) is 0 Å². The molecule has 4 rings (SSSR count). The smallest absolute Gasteiger partial charge is 0.416 e. The van der Waals surface area contributed by atoms with Gasteiger partial charge in [0.05, 0.1) is 10.5 Å². The molecular weight excluding hydrogens is 609 g/mol. The van der Waals surface area contributed by atoms with Crippen molar-refractivity contribution in [1.82, 2.24) is 4.90 Å². The third kappa shape index (κ3) is 6.97. The summed E-state index contributed by atoms with van der Waals surface area (Å²) in [5.74, 6) is -1.07. The van der Waals surface area contributed by atoms with E-state index in [9.17, 15) is 27.6 Å². The summed E-state index contributed by atoms with van der Waals surface area (Å²) in [7, 11) is 0. The van der Waals surface area contributed by atoms with Crippen LogP contribution in [-0.4, -0.2) is 28.5 Å². The normalized spacial score (nSPS) is 14.8. The van der Waals surface area contributed by atoms with Crippen molar-refractivity contribution in [2.45, 2.75) is 12.8 Å². The monoisotopic (exact) mass is 624 g/mol. The van der Waals surface area contributed by atoms with E-state index in [-0.39, 0.29) is 17.2 Å². The zero-order valence-electron chi connectivity index (χ0n) is 19.2. The second kappa shape index (κ2) is 11.6. The summed E-state index contributed by atoms with van der Waals surface area (Å²) in [6, 6.07) is 16.3. The number of ether oxygens (including phenoxy) is 1. The Morgan fingerprint density at radius 3 is 2.53 bits per heavy atom. The number of anilines is 1. The van der Waals surface area contributed by atoms with Gasteiger partial charge >= 0.3 is 6.18 Å². The van der Waals surface area contributed by atoms with Crippen molar-refractivity contribution >= 4 is 68.1 Å². The molecule has 1 saturated heterocycles. The largest absolute Gasteiger partial charge is 0.488 e. The molecular formula is C26H17BrClF3N2O4S. The highest BCUT2D eigenvalue weighted by Gasteiger charge is 2.36. The van der Waals surface area contributed by atoms with E-state index in [0.29, 0.717) is 32.6 Å². The number of hydrogen-bond acceptors (Lipinski definition) is 5. The molecule has 0 bridgehead atoms. The molecule has 0 radical (unpaired) electrons. The van der Waals surface area contributed by atoms with Crippen LogP contribution in [0.15, 0.2) is 76.1 Å². The van der Waals surface area contributed by atoms with Crippen LogP contribution in [0.5, 0.6) is 5.75 Å². The van der Waals surface area contributed by atoms with Crippen molar-refractivity contribution in [2.75, 3.05) is 11.9 Å². The maximum absolute atomic E-state index is 12.9. The highest BCUT2D eigenvalue weighted by Crippen LogP contribution is 2.35. The topological polar surface area (TPSA) is 75.7 Å². The Kier molecular flexibility index (Phi) is 8.49. The fourth-order valence-electron chi connectivity index (χ4n) is 3.40. The van der Waals surface area contributed by atoms with Crippen molar-refractivity contribution in [3.05, 3.63) is 97.8 Å². The number of alkyl halides is 3. The number of carbonyl (C=O) groups excluding carboxylic acids is 3. The van der Waals surface area contributed by atoms with E-state index in [1.165, 1.54) is 12.1 Å². The molecule has 0 aliphatic carbocycles. The number of carbonyl (C=O) groups is 3. The highest BCUT2D eigenvalue weighted by atomic mass is 79.9. The lowest BCUT2D eigenvalue weighted by atomic mass is 10.1. The SMILES string of the molecule is O=C(CN1C(=O)S/C(=C\c2cc(Br)ccc2OCc2ccc(Cl)cc2)C1=O)Nc1cccc(C(F)(F)F)c1. The number of hydrogen-bond donors (Lipinski definition) is 1. The Labute approximate surface area is 232 Å². The van der Waals surface area contributed by atoms with Crippen LogP contribution >= 0.6 is 39.3 Å². The molecule has 1 fully saturated rings. The first-order chi connectivity index (χ1) is 18.0. The van der Waals surface area contributed by atoms with E-state index in [2.05, 4.69) is 21.2 Å². The van der Waals surface area contributed by atoms with Gasteiger partial charge in [-0.1, -0.05) is 45.7 Å². The van der Waals surface area contributed by atoms with Gasteiger partial charge in [0.25, 0.3) is 11.1 Å². The Bertz CT molecular complexity index is 1430. The number of thioether (sulfide) groups is 1. The van der Waals surface area contributed by atoms with E-state index in [4.69, 9.17) is 16.3 Å². The van der Waals surface area contributed by atoms with Crippen LogP contribution in [0.2, 0.25) is 5.02 Å². The first kappa shape index (κ1) is 27.7. The predicted molar refractivity (Wildman–Crippen MR) is 143 cm³/mol. The molecule has 1 heterocycles. The summed E-state index contributed by atoms with van der Waals surface area (Å²) in [6.07, 6.45) is -3.10. The molecule has 1 N–H and O–H groups in total. The average molecular weight is 626 g/mol. The number of benzene rings is 3. The van der Waals surface area contributed by atoms with Gasteiger partial charge in [-0.15, -0.1) is 0 Å². The van der Waals surface area contributed by atoms with Gasteiger partial charge in [-0.2, -0.15) is 13.2 Å². The van der Waals surface area contributed by atoms with Gasteiger partial charge in [0.2, 0.25) is 5.91 Å². The fraction of sp³-hybridized carbons (Fsp3) is 0.115. The zero-order chi connectivity index (χ0) is 27.4. The minimum absolute atomic E-state index is 0.0660.